The molecule has 0 aromatic heterocycles. The van der Waals surface area contributed by atoms with Crippen molar-refractivity contribution in [2.75, 3.05) is 39.6 Å². The SMILES string of the molecule is CCCCCCCC/C=C\CCCCCCCCCCCCCCCC(=O)N[C@@H](CO[C@@H]1OC(CO)[C@@H](O[C@@H]2OC(CO)[C@H](O)[C@H](O[C@@H]3OC(CO)[C@@H](O)[C@H](O[C@@H]4OC(CO[C@]5(C(=O)O)CC(O)[C@@H](NC(C)=O)C([C@H](O)[C@H](O)CO)O5)[C@H](O)[C@H](O)C4O)C3NC(C)=O)C2O)[C@H](O)C1O)[C@H](O)/C=C/CCCCCCCCCCCCC. The van der Waals surface area contributed by atoms with Crippen molar-refractivity contribution >= 4 is 23.7 Å². The molecular formula is C81H145N3O31. The van der Waals surface area contributed by atoms with Crippen LogP contribution in [0.15, 0.2) is 24.3 Å². The first kappa shape index (κ1) is 102. The third-order valence-corrected chi connectivity index (χ3v) is 22.2. The highest BCUT2D eigenvalue weighted by atomic mass is 16.8. The van der Waals surface area contributed by atoms with Crippen LogP contribution in [0.2, 0.25) is 0 Å². The van der Waals surface area contributed by atoms with Crippen molar-refractivity contribution in [3.8, 4) is 0 Å². The number of carbonyl (C=O) groups excluding carboxylic acids is 3. The second-order valence-corrected chi connectivity index (χ2v) is 31.8. The van der Waals surface area contributed by atoms with E-state index in [2.05, 4.69) is 41.9 Å². The van der Waals surface area contributed by atoms with Gasteiger partial charge in [0.2, 0.25) is 17.7 Å². The van der Waals surface area contributed by atoms with Crippen LogP contribution in [0.3, 0.4) is 0 Å². The lowest BCUT2D eigenvalue weighted by Crippen LogP contribution is -2.70. The van der Waals surface area contributed by atoms with E-state index in [1.807, 2.05) is 6.08 Å². The minimum atomic E-state index is -3.00. The molecule has 0 bridgehead atoms. The molecule has 115 heavy (non-hydrogen) atoms. The van der Waals surface area contributed by atoms with Gasteiger partial charge in [0.25, 0.3) is 5.79 Å². The Morgan fingerprint density at radius 1 is 0.461 bits per heavy atom. The lowest BCUT2D eigenvalue weighted by atomic mass is 9.88. The molecule has 10 unspecified atom stereocenters. The van der Waals surface area contributed by atoms with Gasteiger partial charge >= 0.3 is 5.97 Å². The molecule has 0 aliphatic carbocycles. The van der Waals surface area contributed by atoms with Gasteiger partial charge in [-0.1, -0.05) is 205 Å². The topological polar surface area (TPSA) is 541 Å². The van der Waals surface area contributed by atoms with Gasteiger partial charge in [0.05, 0.1) is 63.9 Å². The second kappa shape index (κ2) is 56.1. The number of unbranched alkanes of at least 4 members (excludes halogenated alkanes) is 30. The molecule has 5 fully saturated rings. The molecule has 670 valence electrons. The van der Waals surface area contributed by atoms with E-state index in [9.17, 15) is 106 Å². The number of hydrogen-bond acceptors (Lipinski definition) is 30. The number of carbonyl (C=O) groups is 4. The van der Waals surface area contributed by atoms with Crippen molar-refractivity contribution in [3.05, 3.63) is 24.3 Å². The van der Waals surface area contributed by atoms with Crippen molar-refractivity contribution in [1.29, 1.82) is 0 Å². The van der Waals surface area contributed by atoms with E-state index in [1.54, 1.807) is 6.08 Å². The molecule has 0 radical (unpaired) electrons. The lowest BCUT2D eigenvalue weighted by molar-refractivity contribution is -0.382. The molecule has 5 saturated heterocycles. The van der Waals surface area contributed by atoms with Crippen LogP contribution in [-0.4, -0.2) is 321 Å². The van der Waals surface area contributed by atoms with Gasteiger partial charge in [-0.3, -0.25) is 14.4 Å². The number of aliphatic hydroxyl groups is 16. The van der Waals surface area contributed by atoms with Gasteiger partial charge in [-0.25, -0.2) is 4.79 Å². The summed E-state index contributed by atoms with van der Waals surface area (Å²) in [6.07, 6.45) is -1.81. The summed E-state index contributed by atoms with van der Waals surface area (Å²) in [4.78, 5) is 51.7. The largest absolute Gasteiger partial charge is 0.477 e. The molecule has 0 aromatic carbocycles. The summed E-state index contributed by atoms with van der Waals surface area (Å²) in [6, 6.07) is -4.54. The monoisotopic (exact) mass is 1660 g/mol. The van der Waals surface area contributed by atoms with Gasteiger partial charge in [-0.05, 0) is 44.9 Å². The number of rotatable bonds is 59. The first-order valence-electron chi connectivity index (χ1n) is 42.7. The summed E-state index contributed by atoms with van der Waals surface area (Å²) in [5, 5.41) is 196. The van der Waals surface area contributed by atoms with Crippen molar-refractivity contribution < 1.29 is 153 Å². The standard InChI is InChI=1S/C81H145N3O31/c1-5-7-9-11-13-15-17-19-20-21-22-23-24-25-26-27-28-30-32-34-36-38-40-42-60(94)84-52(53(91)41-39-37-35-33-31-29-18-16-14-12-10-8-6-2)48-106-77-70(102)68(100)72(58(47-88)110-77)112-79-71(103)75(66(98)57(46-87)109-79)114-76-62(83-51(4)90)73(65(97)56(45-86)108-76)113-78-69(101)67(99)64(96)59(111-78)49-107-81(80(104)105)43-54(92)61(82-50(3)89)74(115-81)63(95)55(93)44-85/h19-20,39,41,52-59,61-79,85-88,91-93,95-103H,5-18,21-38,40,42-49H2,1-4H3,(H,82,89)(H,83,90)(H,84,94)(H,104,105)/b20-19-,41-39+/t52-,53+,54?,55+,56?,57?,58?,59?,61+,62?,63+,64-,65+,66-,67-,68+,69?,70?,71?,72+,73+,74?,75-,76-,77+,78-,79-,81+/m0/s1. The molecular weight excluding hydrogens is 1510 g/mol. The molecule has 20 N–H and O–H groups in total. The van der Waals surface area contributed by atoms with Crippen LogP contribution < -0.4 is 16.0 Å². The van der Waals surface area contributed by atoms with E-state index in [-0.39, 0.29) is 12.3 Å². The van der Waals surface area contributed by atoms with Gasteiger partial charge in [-0.2, -0.15) is 0 Å². The summed E-state index contributed by atoms with van der Waals surface area (Å²) in [5.41, 5.74) is 0. The van der Waals surface area contributed by atoms with Crippen LogP contribution in [0.4, 0.5) is 0 Å². The Balaban J connectivity index is 1.20. The quantitative estimate of drug-likeness (QED) is 0.0305. The Labute approximate surface area is 677 Å². The number of aliphatic hydroxyl groups excluding tert-OH is 16. The van der Waals surface area contributed by atoms with Gasteiger partial charge < -0.3 is 150 Å². The van der Waals surface area contributed by atoms with Crippen molar-refractivity contribution in [2.45, 2.75) is 424 Å². The smallest absolute Gasteiger partial charge is 0.364 e. The fourth-order valence-corrected chi connectivity index (χ4v) is 15.3. The summed E-state index contributed by atoms with van der Waals surface area (Å²) in [6.45, 7) is 0.735. The third kappa shape index (κ3) is 33.9. The second-order valence-electron chi connectivity index (χ2n) is 31.8. The van der Waals surface area contributed by atoms with E-state index < -0.39 is 235 Å². The average molecular weight is 1660 g/mol. The number of carboxylic acid groups (broad SMARTS) is 1. The zero-order valence-electron chi connectivity index (χ0n) is 68.2. The first-order chi connectivity index (χ1) is 55.2. The maximum atomic E-state index is 13.6. The summed E-state index contributed by atoms with van der Waals surface area (Å²) >= 11 is 0. The van der Waals surface area contributed by atoms with Crippen molar-refractivity contribution in [3.63, 3.8) is 0 Å². The molecule has 28 atom stereocenters. The molecule has 34 heteroatoms. The first-order valence-corrected chi connectivity index (χ1v) is 42.7. The van der Waals surface area contributed by atoms with Crippen LogP contribution in [-0.2, 0) is 66.5 Å². The Morgan fingerprint density at radius 2 is 0.887 bits per heavy atom. The van der Waals surface area contributed by atoms with E-state index >= 15 is 0 Å². The fourth-order valence-electron chi connectivity index (χ4n) is 15.3. The average Bonchev–Trinajstić information content (AvgIpc) is 0.767. The molecule has 0 aromatic rings. The van der Waals surface area contributed by atoms with Gasteiger partial charge in [0.15, 0.2) is 25.2 Å². The van der Waals surface area contributed by atoms with Crippen LogP contribution in [0.1, 0.15) is 252 Å². The minimum absolute atomic E-state index is 0.168. The molecule has 5 heterocycles. The molecule has 5 aliphatic heterocycles. The predicted molar refractivity (Wildman–Crippen MR) is 415 cm³/mol. The summed E-state index contributed by atoms with van der Waals surface area (Å²) < 4.78 is 58.9. The van der Waals surface area contributed by atoms with Gasteiger partial charge in [0, 0.05) is 26.7 Å². The van der Waals surface area contributed by atoms with Crippen molar-refractivity contribution in [1.82, 2.24) is 16.0 Å². The van der Waals surface area contributed by atoms with Crippen LogP contribution in [0, 0.1) is 0 Å². The normalized spacial score (nSPS) is 33.1. The number of nitrogens with one attached hydrogen (secondary N) is 3. The number of aliphatic carboxylic acids is 1. The highest BCUT2D eigenvalue weighted by molar-refractivity contribution is 5.77. The third-order valence-electron chi connectivity index (χ3n) is 22.2. The van der Waals surface area contributed by atoms with E-state index in [1.165, 1.54) is 148 Å². The summed E-state index contributed by atoms with van der Waals surface area (Å²) in [5.74, 6) is -7.01. The lowest BCUT2D eigenvalue weighted by Gasteiger charge is -2.50. The number of allylic oxidation sites excluding steroid dienone is 3. The van der Waals surface area contributed by atoms with Crippen LogP contribution >= 0.6 is 0 Å². The highest BCUT2D eigenvalue weighted by Gasteiger charge is 2.59. The van der Waals surface area contributed by atoms with Crippen molar-refractivity contribution in [2.24, 2.45) is 0 Å². The Hall–Kier alpha value is -3.68. The van der Waals surface area contributed by atoms with Gasteiger partial charge in [-0.15, -0.1) is 0 Å². The molecule has 34 nitrogen and oxygen atoms in total. The summed E-state index contributed by atoms with van der Waals surface area (Å²) in [7, 11) is 0. The maximum absolute atomic E-state index is 13.6. The van der Waals surface area contributed by atoms with Crippen LogP contribution in [0.25, 0.3) is 0 Å². The maximum Gasteiger partial charge on any atom is 0.364 e. The molecule has 3 amide bonds. The number of carboxylic acids is 1. The Bertz CT molecular complexity index is 2700. The van der Waals surface area contributed by atoms with E-state index in [0.29, 0.717) is 12.8 Å². The number of ether oxygens (including phenoxy) is 10. The number of hydrogen-bond donors (Lipinski definition) is 20. The van der Waals surface area contributed by atoms with Gasteiger partial charge in [0.1, 0.15) is 116 Å². The molecule has 0 spiro atoms. The molecule has 5 rings (SSSR count). The Morgan fingerprint density at radius 3 is 1.38 bits per heavy atom. The number of amides is 3. The molecule has 5 aliphatic rings. The molecule has 0 saturated carbocycles. The van der Waals surface area contributed by atoms with E-state index in [0.717, 1.165) is 65.2 Å². The highest BCUT2D eigenvalue weighted by Crippen LogP contribution is 2.38. The minimum Gasteiger partial charge on any atom is -0.477 e. The van der Waals surface area contributed by atoms with Crippen LogP contribution in [0.5, 0.6) is 0 Å². The Kier molecular flexibility index (Phi) is 49.7. The fraction of sp³-hybridized carbons (Fsp3) is 0.901. The zero-order valence-corrected chi connectivity index (χ0v) is 68.2. The zero-order chi connectivity index (χ0) is 84.4. The van der Waals surface area contributed by atoms with E-state index in [4.69, 9.17) is 47.4 Å². The predicted octanol–water partition coefficient (Wildman–Crippen LogP) is 1.85.